The molecule has 0 radical (unpaired) electrons. The molecule has 2 N–H and O–H groups in total. The van der Waals surface area contributed by atoms with Gasteiger partial charge < -0.3 is 5.73 Å². The minimum absolute atomic E-state index is 0.161. The molecule has 0 amide bonds. The number of Topliss-reactive ketones (excluding diaryl/α,β-unsaturated/α-hetero) is 1. The zero-order valence-electron chi connectivity index (χ0n) is 7.92. The number of nitrogen functional groups attached to an aromatic ring is 1. The SMILES string of the molecule is CC(=O)c1cc(N)c(C(F)F)c(C#N)c1. The fraction of sp³-hybridized carbons (Fsp3) is 0.200. The van der Waals surface area contributed by atoms with Crippen LogP contribution in [0.4, 0.5) is 14.5 Å². The highest BCUT2D eigenvalue weighted by molar-refractivity contribution is 5.95. The van der Waals surface area contributed by atoms with Crippen molar-refractivity contribution in [2.24, 2.45) is 0 Å². The number of halogens is 2. The predicted molar refractivity (Wildman–Crippen MR) is 50.5 cm³/mol. The molecule has 0 saturated carbocycles. The Bertz CT molecular complexity index is 449. The maximum absolute atomic E-state index is 12.5. The van der Waals surface area contributed by atoms with Crippen LogP contribution in [0.15, 0.2) is 12.1 Å². The number of anilines is 1. The Morgan fingerprint density at radius 1 is 1.53 bits per heavy atom. The van der Waals surface area contributed by atoms with Crippen LogP contribution in [0.5, 0.6) is 0 Å². The fourth-order valence-corrected chi connectivity index (χ4v) is 1.22. The van der Waals surface area contributed by atoms with E-state index < -0.39 is 12.0 Å². The van der Waals surface area contributed by atoms with Crippen molar-refractivity contribution in [1.82, 2.24) is 0 Å². The van der Waals surface area contributed by atoms with Crippen LogP contribution in [0, 0.1) is 11.3 Å². The number of hydrogen-bond donors (Lipinski definition) is 1. The quantitative estimate of drug-likeness (QED) is 0.601. The second kappa shape index (κ2) is 4.05. The second-order valence-corrected chi connectivity index (χ2v) is 3.00. The molecule has 0 spiro atoms. The van der Waals surface area contributed by atoms with Gasteiger partial charge in [0.15, 0.2) is 5.78 Å². The molecule has 0 fully saturated rings. The van der Waals surface area contributed by atoms with Gasteiger partial charge in [0.2, 0.25) is 0 Å². The van der Waals surface area contributed by atoms with Crippen LogP contribution >= 0.6 is 0 Å². The van der Waals surface area contributed by atoms with Gasteiger partial charge in [-0.3, -0.25) is 4.79 Å². The molecule has 0 bridgehead atoms. The molecule has 0 aliphatic carbocycles. The lowest BCUT2D eigenvalue weighted by Gasteiger charge is -2.08. The van der Waals surface area contributed by atoms with Crippen LogP contribution in [0.3, 0.4) is 0 Å². The summed E-state index contributed by atoms with van der Waals surface area (Å²) in [4.78, 5) is 11.0. The Kier molecular flexibility index (Phi) is 3.00. The van der Waals surface area contributed by atoms with E-state index in [9.17, 15) is 13.6 Å². The molecule has 0 unspecified atom stereocenters. The first-order valence-corrected chi connectivity index (χ1v) is 4.10. The first-order chi connectivity index (χ1) is 6.97. The van der Waals surface area contributed by atoms with Gasteiger partial charge in [0.1, 0.15) is 0 Å². The largest absolute Gasteiger partial charge is 0.398 e. The third-order valence-corrected chi connectivity index (χ3v) is 1.96. The molecular weight excluding hydrogens is 202 g/mol. The fourth-order valence-electron chi connectivity index (χ4n) is 1.22. The molecule has 1 rings (SSSR count). The summed E-state index contributed by atoms with van der Waals surface area (Å²) < 4.78 is 25.0. The van der Waals surface area contributed by atoms with Crippen molar-refractivity contribution in [3.8, 4) is 6.07 Å². The van der Waals surface area contributed by atoms with Crippen molar-refractivity contribution in [1.29, 1.82) is 5.26 Å². The smallest absolute Gasteiger partial charge is 0.267 e. The van der Waals surface area contributed by atoms with Gasteiger partial charge in [-0.05, 0) is 19.1 Å². The molecule has 15 heavy (non-hydrogen) atoms. The van der Waals surface area contributed by atoms with Gasteiger partial charge in [0.05, 0.1) is 17.2 Å². The number of nitriles is 1. The van der Waals surface area contributed by atoms with E-state index in [-0.39, 0.29) is 22.6 Å². The Balaban J connectivity index is 3.46. The number of hydrogen-bond acceptors (Lipinski definition) is 3. The molecule has 0 aliphatic rings. The number of rotatable bonds is 2. The van der Waals surface area contributed by atoms with E-state index in [0.29, 0.717) is 0 Å². The molecule has 0 heterocycles. The van der Waals surface area contributed by atoms with Crippen LogP contribution in [-0.4, -0.2) is 5.78 Å². The van der Waals surface area contributed by atoms with Crippen molar-refractivity contribution >= 4 is 11.5 Å². The van der Waals surface area contributed by atoms with E-state index in [0.717, 1.165) is 12.1 Å². The average Bonchev–Trinajstić information content (AvgIpc) is 2.15. The summed E-state index contributed by atoms with van der Waals surface area (Å²) in [5, 5.41) is 8.65. The molecule has 1 aromatic carbocycles. The van der Waals surface area contributed by atoms with E-state index in [1.54, 1.807) is 6.07 Å². The van der Waals surface area contributed by atoms with E-state index >= 15 is 0 Å². The standard InChI is InChI=1S/C10H8F2N2O/c1-5(15)6-2-7(4-13)9(10(11)12)8(14)3-6/h2-3,10H,14H2,1H3. The third kappa shape index (κ3) is 2.10. The average molecular weight is 210 g/mol. The maximum atomic E-state index is 12.5. The van der Waals surface area contributed by atoms with E-state index in [4.69, 9.17) is 11.0 Å². The lowest BCUT2D eigenvalue weighted by atomic mass is 10.0. The monoisotopic (exact) mass is 210 g/mol. The summed E-state index contributed by atoms with van der Waals surface area (Å²) in [6.07, 6.45) is -2.82. The minimum Gasteiger partial charge on any atom is -0.398 e. The van der Waals surface area contributed by atoms with Crippen LogP contribution in [0.25, 0.3) is 0 Å². The van der Waals surface area contributed by atoms with Crippen molar-refractivity contribution in [2.75, 3.05) is 5.73 Å². The summed E-state index contributed by atoms with van der Waals surface area (Å²) in [5.41, 5.74) is 4.52. The number of nitrogens with zero attached hydrogens (tertiary/aromatic N) is 1. The Hall–Kier alpha value is -1.96. The van der Waals surface area contributed by atoms with Gasteiger partial charge >= 0.3 is 0 Å². The van der Waals surface area contributed by atoms with Gasteiger partial charge in [0, 0.05) is 11.3 Å². The first-order valence-electron chi connectivity index (χ1n) is 4.10. The summed E-state index contributed by atoms with van der Waals surface area (Å²) in [5.74, 6) is -0.320. The second-order valence-electron chi connectivity index (χ2n) is 3.00. The highest BCUT2D eigenvalue weighted by atomic mass is 19.3. The van der Waals surface area contributed by atoms with Crippen LogP contribution < -0.4 is 5.73 Å². The number of carbonyl (C=O) groups excluding carboxylic acids is 1. The van der Waals surface area contributed by atoms with Gasteiger partial charge in [-0.1, -0.05) is 0 Å². The minimum atomic E-state index is -2.82. The molecule has 0 aromatic heterocycles. The van der Waals surface area contributed by atoms with Gasteiger partial charge in [-0.25, -0.2) is 8.78 Å². The molecule has 3 nitrogen and oxygen atoms in total. The van der Waals surface area contributed by atoms with E-state index in [2.05, 4.69) is 0 Å². The lowest BCUT2D eigenvalue weighted by molar-refractivity contribution is 0.101. The maximum Gasteiger partial charge on any atom is 0.267 e. The highest BCUT2D eigenvalue weighted by Crippen LogP contribution is 2.29. The number of nitrogens with two attached hydrogens (primary N) is 1. The van der Waals surface area contributed by atoms with Gasteiger partial charge in [-0.2, -0.15) is 5.26 Å². The van der Waals surface area contributed by atoms with Crippen LogP contribution in [0.1, 0.15) is 34.8 Å². The lowest BCUT2D eigenvalue weighted by Crippen LogP contribution is -2.03. The van der Waals surface area contributed by atoms with E-state index in [1.807, 2.05) is 0 Å². The normalized spacial score (nSPS) is 10.1. The Labute approximate surface area is 85.1 Å². The Morgan fingerprint density at radius 2 is 2.13 bits per heavy atom. The number of alkyl halides is 2. The van der Waals surface area contributed by atoms with Crippen molar-refractivity contribution in [3.05, 3.63) is 28.8 Å². The van der Waals surface area contributed by atoms with Gasteiger partial charge in [-0.15, -0.1) is 0 Å². The third-order valence-electron chi connectivity index (χ3n) is 1.96. The van der Waals surface area contributed by atoms with Crippen molar-refractivity contribution < 1.29 is 13.6 Å². The molecule has 0 aliphatic heterocycles. The molecule has 0 atom stereocenters. The predicted octanol–water partition coefficient (Wildman–Crippen LogP) is 2.28. The summed E-state index contributed by atoms with van der Waals surface area (Å²) >= 11 is 0. The topological polar surface area (TPSA) is 66.9 Å². The molecule has 5 heteroatoms. The molecule has 1 aromatic rings. The summed E-state index contributed by atoms with van der Waals surface area (Å²) in [6, 6.07) is 3.88. The Morgan fingerprint density at radius 3 is 2.53 bits per heavy atom. The summed E-state index contributed by atoms with van der Waals surface area (Å²) in [7, 11) is 0. The number of carbonyl (C=O) groups is 1. The molecule has 78 valence electrons. The number of ketones is 1. The van der Waals surface area contributed by atoms with Crippen LogP contribution in [-0.2, 0) is 0 Å². The van der Waals surface area contributed by atoms with Crippen molar-refractivity contribution in [2.45, 2.75) is 13.3 Å². The van der Waals surface area contributed by atoms with Crippen LogP contribution in [0.2, 0.25) is 0 Å². The zero-order chi connectivity index (χ0) is 11.6. The molecular formula is C10H8F2N2O. The molecule has 0 saturated heterocycles. The zero-order valence-corrected chi connectivity index (χ0v) is 7.92. The van der Waals surface area contributed by atoms with Crippen molar-refractivity contribution in [3.63, 3.8) is 0 Å². The summed E-state index contributed by atoms with van der Waals surface area (Å²) in [6.45, 7) is 1.28. The highest BCUT2D eigenvalue weighted by Gasteiger charge is 2.18. The van der Waals surface area contributed by atoms with E-state index in [1.165, 1.54) is 6.92 Å². The first kappa shape index (κ1) is 11.1. The number of benzene rings is 1. The van der Waals surface area contributed by atoms with Gasteiger partial charge in [0.25, 0.3) is 6.43 Å².